The van der Waals surface area contributed by atoms with E-state index < -0.39 is 6.03 Å². The van der Waals surface area contributed by atoms with E-state index in [9.17, 15) is 0 Å². The maximum atomic E-state index is 9.00. The predicted octanol–water partition coefficient (Wildman–Crippen LogP) is 0.691. The minimum absolute atomic E-state index is 0.833. The second-order valence-corrected chi connectivity index (χ2v) is 1.98. The average Bonchev–Trinajstić information content (AvgIpc) is 2.40. The molecular formula is C7H8N2O. The molecule has 2 aliphatic carbocycles. The number of nitrogens with two attached hydrogens (primary N) is 2. The van der Waals surface area contributed by atoms with E-state index in [4.69, 9.17) is 4.79 Å². The first-order valence-corrected chi connectivity index (χ1v) is 2.85. The molecule has 0 fully saturated rings. The zero-order chi connectivity index (χ0) is 7.56. The van der Waals surface area contributed by atoms with Gasteiger partial charge in [-0.2, -0.15) is 0 Å². The number of urea groups is 1. The quantitative estimate of drug-likeness (QED) is 0.549. The molecular weight excluding hydrogens is 128 g/mol. The fourth-order valence-corrected chi connectivity index (χ4v) is 0.676. The molecule has 0 aromatic heterocycles. The summed E-state index contributed by atoms with van der Waals surface area (Å²) in [5.74, 6) is 0. The van der Waals surface area contributed by atoms with Crippen LogP contribution in [-0.2, 0) is 0 Å². The molecule has 0 atom stereocenters. The van der Waals surface area contributed by atoms with Gasteiger partial charge >= 0.3 is 6.03 Å². The Balaban J connectivity index is 0.000000112. The van der Waals surface area contributed by atoms with Crippen molar-refractivity contribution in [3.05, 3.63) is 24.3 Å². The van der Waals surface area contributed by atoms with Gasteiger partial charge in [-0.1, -0.05) is 18.2 Å². The third-order valence-corrected chi connectivity index (χ3v) is 1.11. The lowest BCUT2D eigenvalue weighted by Gasteiger charge is -1.62. The lowest BCUT2D eigenvalue weighted by molar-refractivity contribution is 0.256. The Labute approximate surface area is 58.6 Å². The fraction of sp³-hybridized carbons (Fsp3) is 0. The molecule has 2 rings (SSSR count). The Morgan fingerprint density at radius 3 is 1.70 bits per heavy atom. The number of primary amides is 2. The van der Waals surface area contributed by atoms with Crippen LogP contribution >= 0.6 is 0 Å². The topological polar surface area (TPSA) is 69.1 Å². The van der Waals surface area contributed by atoms with Gasteiger partial charge < -0.3 is 11.5 Å². The van der Waals surface area contributed by atoms with Crippen molar-refractivity contribution < 1.29 is 4.79 Å². The minimum Gasteiger partial charge on any atom is -0.352 e. The number of fused-ring (bicyclic) bond motifs is 1. The van der Waals surface area contributed by atoms with Gasteiger partial charge in [0.05, 0.1) is 0 Å². The number of hydrogen-bond acceptors (Lipinski definition) is 1. The molecule has 0 radical (unpaired) electrons. The standard InChI is InChI=1S/C6H4.CH4N2O/c1-2-5-4-6(5)3-1;2-1(3)4/h1-4H;(H4,2,3,4). The van der Waals surface area contributed by atoms with Gasteiger partial charge in [-0.3, -0.25) is 0 Å². The molecule has 3 nitrogen and oxygen atoms in total. The molecule has 52 valence electrons. The summed E-state index contributed by atoms with van der Waals surface area (Å²) in [7, 11) is 0. The lowest BCUT2D eigenvalue weighted by Crippen LogP contribution is -2.18. The Morgan fingerprint density at radius 1 is 1.20 bits per heavy atom. The Hall–Kier alpha value is -1.51. The highest BCUT2D eigenvalue weighted by atomic mass is 16.2. The van der Waals surface area contributed by atoms with Crippen LogP contribution in [0.3, 0.4) is 0 Å². The van der Waals surface area contributed by atoms with E-state index in [0.717, 1.165) is 0 Å². The van der Waals surface area contributed by atoms with Crippen molar-refractivity contribution in [1.82, 2.24) is 0 Å². The van der Waals surface area contributed by atoms with Crippen LogP contribution in [0.4, 0.5) is 4.79 Å². The van der Waals surface area contributed by atoms with Gasteiger partial charge in [0, 0.05) is 0 Å². The SMILES string of the molecule is NC(N)=O.c1cc2cc-2c1. The smallest absolute Gasteiger partial charge is 0.309 e. The Bertz CT molecular complexity index is 236. The number of amides is 2. The lowest BCUT2D eigenvalue weighted by atomic mass is 10.6. The van der Waals surface area contributed by atoms with Crippen LogP contribution in [0.1, 0.15) is 0 Å². The minimum atomic E-state index is -0.833. The normalized spacial score (nSPS) is 9.20. The van der Waals surface area contributed by atoms with Crippen LogP contribution in [-0.4, -0.2) is 6.03 Å². The van der Waals surface area contributed by atoms with Gasteiger partial charge in [0.1, 0.15) is 0 Å². The molecule has 2 aliphatic rings. The molecule has 0 unspecified atom stereocenters. The number of carbonyl (C=O) groups excluding carboxylic acids is 1. The van der Waals surface area contributed by atoms with Crippen molar-refractivity contribution in [2.24, 2.45) is 11.5 Å². The van der Waals surface area contributed by atoms with Gasteiger partial charge in [-0.25, -0.2) is 4.79 Å². The average molecular weight is 136 g/mol. The molecule has 2 amide bonds. The molecule has 10 heavy (non-hydrogen) atoms. The Morgan fingerprint density at radius 2 is 1.60 bits per heavy atom. The third kappa shape index (κ3) is 1.78. The summed E-state index contributed by atoms with van der Waals surface area (Å²) in [5, 5.41) is 0. The molecule has 0 heterocycles. The van der Waals surface area contributed by atoms with Crippen molar-refractivity contribution in [3.8, 4) is 11.1 Å². The van der Waals surface area contributed by atoms with Gasteiger partial charge in [-0.05, 0) is 17.2 Å². The zero-order valence-electron chi connectivity index (χ0n) is 5.37. The number of rotatable bonds is 0. The van der Waals surface area contributed by atoms with Crippen molar-refractivity contribution in [2.75, 3.05) is 0 Å². The second-order valence-electron chi connectivity index (χ2n) is 1.98. The largest absolute Gasteiger partial charge is 0.352 e. The van der Waals surface area contributed by atoms with Gasteiger partial charge in [0.15, 0.2) is 0 Å². The highest BCUT2D eigenvalue weighted by Gasteiger charge is 2.06. The van der Waals surface area contributed by atoms with E-state index in [-0.39, 0.29) is 0 Å². The first-order valence-electron chi connectivity index (χ1n) is 2.85. The molecule has 4 N–H and O–H groups in total. The zero-order valence-corrected chi connectivity index (χ0v) is 5.37. The van der Waals surface area contributed by atoms with Crippen LogP contribution in [0.15, 0.2) is 24.3 Å². The maximum absolute atomic E-state index is 9.00. The van der Waals surface area contributed by atoms with E-state index >= 15 is 0 Å². The summed E-state index contributed by atoms with van der Waals surface area (Å²) in [4.78, 5) is 9.00. The van der Waals surface area contributed by atoms with E-state index in [1.807, 2.05) is 0 Å². The molecule has 0 aliphatic heterocycles. The molecule has 0 saturated heterocycles. The van der Waals surface area contributed by atoms with Gasteiger partial charge in [0.25, 0.3) is 0 Å². The molecule has 3 heteroatoms. The summed E-state index contributed by atoms with van der Waals surface area (Å²) in [6.07, 6.45) is 0. The molecule has 0 spiro atoms. The monoisotopic (exact) mass is 136 g/mol. The molecule has 0 aromatic rings. The summed E-state index contributed by atoms with van der Waals surface area (Å²) in [6, 6.07) is 7.65. The fourth-order valence-electron chi connectivity index (χ4n) is 0.676. The Kier molecular flexibility index (Phi) is 1.58. The summed E-state index contributed by atoms with van der Waals surface area (Å²) >= 11 is 0. The van der Waals surface area contributed by atoms with E-state index in [1.54, 1.807) is 0 Å². The van der Waals surface area contributed by atoms with Crippen LogP contribution in [0, 0.1) is 0 Å². The van der Waals surface area contributed by atoms with E-state index in [1.165, 1.54) is 11.1 Å². The third-order valence-electron chi connectivity index (χ3n) is 1.11. The first kappa shape index (κ1) is 6.61. The highest BCUT2D eigenvalue weighted by Crippen LogP contribution is 2.32. The molecule has 0 aromatic carbocycles. The van der Waals surface area contributed by atoms with Crippen LogP contribution in [0.5, 0.6) is 0 Å². The summed E-state index contributed by atoms with van der Waals surface area (Å²) < 4.78 is 0. The summed E-state index contributed by atoms with van der Waals surface area (Å²) in [6.45, 7) is 0. The number of carbonyl (C=O) groups is 1. The van der Waals surface area contributed by atoms with Crippen molar-refractivity contribution in [1.29, 1.82) is 0 Å². The number of benzene rings is 1. The van der Waals surface area contributed by atoms with E-state index in [0.29, 0.717) is 0 Å². The van der Waals surface area contributed by atoms with Crippen molar-refractivity contribution in [2.45, 2.75) is 0 Å². The first-order chi connectivity index (χ1) is 4.70. The molecule has 0 bridgehead atoms. The van der Waals surface area contributed by atoms with Crippen molar-refractivity contribution >= 4 is 6.03 Å². The van der Waals surface area contributed by atoms with Crippen molar-refractivity contribution in [3.63, 3.8) is 0 Å². The molecule has 0 saturated carbocycles. The van der Waals surface area contributed by atoms with Crippen LogP contribution < -0.4 is 11.5 Å². The van der Waals surface area contributed by atoms with Crippen LogP contribution in [0.25, 0.3) is 11.1 Å². The van der Waals surface area contributed by atoms with Gasteiger partial charge in [0.2, 0.25) is 0 Å². The maximum Gasteiger partial charge on any atom is 0.309 e. The highest BCUT2D eigenvalue weighted by molar-refractivity contribution is 5.80. The predicted molar refractivity (Wildman–Crippen MR) is 39.2 cm³/mol. The second kappa shape index (κ2) is 2.39. The number of hydrogen-bond donors (Lipinski definition) is 2. The van der Waals surface area contributed by atoms with E-state index in [2.05, 4.69) is 35.7 Å². The summed E-state index contributed by atoms with van der Waals surface area (Å²) in [5.41, 5.74) is 11.4. The van der Waals surface area contributed by atoms with Crippen LogP contribution in [0.2, 0.25) is 0 Å². The van der Waals surface area contributed by atoms with Gasteiger partial charge in [-0.15, -0.1) is 0 Å².